The number of nitrogens with two attached hydrogens (primary N) is 1. The highest BCUT2D eigenvalue weighted by Crippen LogP contribution is 2.47. The van der Waals surface area contributed by atoms with Gasteiger partial charge in [0.15, 0.2) is 0 Å². The molecule has 1 aliphatic rings. The average Bonchev–Trinajstić information content (AvgIpc) is 3.11. The summed E-state index contributed by atoms with van der Waals surface area (Å²) < 4.78 is 2.40. The van der Waals surface area contributed by atoms with E-state index in [-0.39, 0.29) is 0 Å². The number of aromatic nitrogens is 2. The number of rotatable bonds is 8. The lowest BCUT2D eigenvalue weighted by Crippen LogP contribution is -2.23. The molecule has 0 radical (unpaired) electrons. The minimum Gasteiger partial charge on any atom is -0.397 e. The third kappa shape index (κ3) is 5.46. The normalized spacial score (nSPS) is 25.0. The molecule has 1 aromatic heterocycles. The molecule has 3 N–H and O–H groups in total. The summed E-state index contributed by atoms with van der Waals surface area (Å²) in [7, 11) is 0. The molecule has 0 aromatic carbocycles. The van der Waals surface area contributed by atoms with Gasteiger partial charge in [-0.2, -0.15) is 0 Å². The molecule has 3 unspecified atom stereocenters. The lowest BCUT2D eigenvalue weighted by Gasteiger charge is -2.33. The summed E-state index contributed by atoms with van der Waals surface area (Å²) in [6.07, 6.45) is 8.10. The highest BCUT2D eigenvalue weighted by Gasteiger charge is 2.30. The van der Waals surface area contributed by atoms with Crippen molar-refractivity contribution in [1.29, 1.82) is 0 Å². The van der Waals surface area contributed by atoms with E-state index in [0.29, 0.717) is 17.9 Å². The molecular weight excluding hydrogens is 373 g/mol. The van der Waals surface area contributed by atoms with E-state index >= 15 is 0 Å². The Morgan fingerprint density at radius 3 is 2.70 bits per heavy atom. The highest BCUT2D eigenvalue weighted by molar-refractivity contribution is 8.11. The maximum absolute atomic E-state index is 10.5. The molecule has 1 saturated carbocycles. The third-order valence-electron chi connectivity index (χ3n) is 6.34. The van der Waals surface area contributed by atoms with Crippen molar-refractivity contribution in [3.05, 3.63) is 23.3 Å². The monoisotopic (exact) mass is 411 g/mol. The van der Waals surface area contributed by atoms with Crippen molar-refractivity contribution in [1.82, 2.24) is 9.55 Å². The van der Waals surface area contributed by atoms with Gasteiger partial charge in [0.1, 0.15) is 5.69 Å². The van der Waals surface area contributed by atoms with Crippen LogP contribution in [0.15, 0.2) is 11.9 Å². The minimum atomic E-state index is -2.14. The fraction of sp³-hybridized carbons (Fsp3) is 0.762. The Kier molecular flexibility index (Phi) is 8.15. The summed E-state index contributed by atoms with van der Waals surface area (Å²) in [5, 5.41) is 0. The van der Waals surface area contributed by atoms with Crippen LogP contribution in [0.5, 0.6) is 0 Å². The number of imidazole rings is 1. The first kappa shape index (κ1) is 22.6. The SMILES string of the molecule is CC/C(C)=C(/N)c1ncn([C@H]2CCCC(CP(O)(=S)CC)C2)c1C(C)CC. The maximum Gasteiger partial charge on any atom is 0.107 e. The molecule has 0 saturated heterocycles. The molecular formula is C21H38N3OPS. The van der Waals surface area contributed by atoms with Gasteiger partial charge in [-0.05, 0) is 62.6 Å². The molecule has 1 aliphatic carbocycles. The Labute approximate surface area is 170 Å². The van der Waals surface area contributed by atoms with Gasteiger partial charge in [0.25, 0.3) is 0 Å². The maximum atomic E-state index is 10.5. The van der Waals surface area contributed by atoms with Gasteiger partial charge in [0.2, 0.25) is 0 Å². The van der Waals surface area contributed by atoms with Crippen molar-refractivity contribution in [3.8, 4) is 0 Å². The Hall–Kier alpha value is -0.640. The van der Waals surface area contributed by atoms with Crippen LogP contribution >= 0.6 is 6.26 Å². The van der Waals surface area contributed by atoms with Gasteiger partial charge in [0.05, 0.1) is 18.3 Å². The first-order valence-corrected chi connectivity index (χ1v) is 13.7. The van der Waals surface area contributed by atoms with Crippen LogP contribution in [0.3, 0.4) is 0 Å². The molecule has 6 heteroatoms. The van der Waals surface area contributed by atoms with Gasteiger partial charge in [0, 0.05) is 17.9 Å². The van der Waals surface area contributed by atoms with Crippen molar-refractivity contribution < 1.29 is 4.89 Å². The third-order valence-corrected chi connectivity index (χ3v) is 9.64. The van der Waals surface area contributed by atoms with E-state index in [9.17, 15) is 4.89 Å². The smallest absolute Gasteiger partial charge is 0.107 e. The zero-order valence-electron chi connectivity index (χ0n) is 17.7. The van der Waals surface area contributed by atoms with Gasteiger partial charge < -0.3 is 15.2 Å². The molecule has 1 fully saturated rings. The number of hydrogen-bond acceptors (Lipinski definition) is 3. The molecule has 154 valence electrons. The lowest BCUT2D eigenvalue weighted by molar-refractivity contribution is 0.276. The van der Waals surface area contributed by atoms with Crippen LogP contribution in [-0.4, -0.2) is 26.8 Å². The van der Waals surface area contributed by atoms with Crippen LogP contribution in [-0.2, 0) is 11.8 Å². The summed E-state index contributed by atoms with van der Waals surface area (Å²) in [6, 6.07) is 0.440. The zero-order chi connectivity index (χ0) is 20.2. The molecule has 1 aromatic rings. The van der Waals surface area contributed by atoms with Crippen molar-refractivity contribution >= 4 is 23.8 Å². The second kappa shape index (κ2) is 9.71. The van der Waals surface area contributed by atoms with E-state index in [2.05, 4.69) is 32.3 Å². The highest BCUT2D eigenvalue weighted by atomic mass is 32.4. The van der Waals surface area contributed by atoms with E-state index in [4.69, 9.17) is 22.5 Å². The Morgan fingerprint density at radius 2 is 2.11 bits per heavy atom. The minimum absolute atomic E-state index is 0.421. The molecule has 4 atom stereocenters. The molecule has 0 bridgehead atoms. The van der Waals surface area contributed by atoms with Crippen LogP contribution in [0.4, 0.5) is 0 Å². The summed E-state index contributed by atoms with van der Waals surface area (Å²) in [5.41, 5.74) is 10.8. The predicted molar refractivity (Wildman–Crippen MR) is 121 cm³/mol. The predicted octanol–water partition coefficient (Wildman–Crippen LogP) is 5.63. The molecule has 0 aliphatic heterocycles. The molecule has 2 rings (SSSR count). The van der Waals surface area contributed by atoms with Crippen molar-refractivity contribution in [2.75, 3.05) is 12.3 Å². The summed E-state index contributed by atoms with van der Waals surface area (Å²) in [4.78, 5) is 15.2. The quantitative estimate of drug-likeness (QED) is 0.544. The van der Waals surface area contributed by atoms with E-state index in [1.54, 1.807) is 0 Å². The second-order valence-corrected chi connectivity index (χ2v) is 13.0. The lowest BCUT2D eigenvalue weighted by atomic mass is 9.86. The zero-order valence-corrected chi connectivity index (χ0v) is 19.5. The van der Waals surface area contributed by atoms with E-state index < -0.39 is 6.26 Å². The van der Waals surface area contributed by atoms with Crippen LogP contribution < -0.4 is 5.73 Å². The summed E-state index contributed by atoms with van der Waals surface area (Å²) in [6.45, 7) is 10.8. The van der Waals surface area contributed by atoms with Crippen molar-refractivity contribution in [2.45, 2.75) is 85.1 Å². The molecule has 0 amide bonds. The number of hydrogen-bond donors (Lipinski definition) is 2. The Balaban J connectivity index is 2.34. The Morgan fingerprint density at radius 1 is 1.41 bits per heavy atom. The largest absolute Gasteiger partial charge is 0.397 e. The van der Waals surface area contributed by atoms with Gasteiger partial charge in [-0.25, -0.2) is 4.98 Å². The summed E-state index contributed by atoms with van der Waals surface area (Å²) in [5.74, 6) is 0.950. The van der Waals surface area contributed by atoms with Gasteiger partial charge >= 0.3 is 0 Å². The van der Waals surface area contributed by atoms with Crippen LogP contribution in [0.25, 0.3) is 5.70 Å². The molecule has 1 heterocycles. The molecule has 4 nitrogen and oxygen atoms in total. The van der Waals surface area contributed by atoms with Crippen molar-refractivity contribution in [2.24, 2.45) is 11.7 Å². The van der Waals surface area contributed by atoms with E-state index in [0.717, 1.165) is 43.0 Å². The van der Waals surface area contributed by atoms with E-state index in [1.165, 1.54) is 30.5 Å². The first-order chi connectivity index (χ1) is 12.7. The number of nitrogens with zero attached hydrogens (tertiary/aromatic N) is 2. The van der Waals surface area contributed by atoms with E-state index in [1.807, 2.05) is 13.3 Å². The van der Waals surface area contributed by atoms with Gasteiger partial charge in [-0.1, -0.05) is 45.9 Å². The van der Waals surface area contributed by atoms with Gasteiger partial charge in [-0.3, -0.25) is 0 Å². The van der Waals surface area contributed by atoms with Crippen molar-refractivity contribution in [3.63, 3.8) is 0 Å². The Bertz CT molecular complexity index is 712. The molecule has 27 heavy (non-hydrogen) atoms. The summed E-state index contributed by atoms with van der Waals surface area (Å²) >= 11 is 5.47. The number of allylic oxidation sites excluding steroid dienone is 1. The van der Waals surface area contributed by atoms with Crippen LogP contribution in [0.2, 0.25) is 0 Å². The van der Waals surface area contributed by atoms with Crippen LogP contribution in [0.1, 0.15) is 96.5 Å². The average molecular weight is 412 g/mol. The van der Waals surface area contributed by atoms with Crippen LogP contribution in [0, 0.1) is 5.92 Å². The fourth-order valence-corrected chi connectivity index (χ4v) is 6.19. The fourth-order valence-electron chi connectivity index (χ4n) is 4.16. The first-order valence-electron chi connectivity index (χ1n) is 10.6. The van der Waals surface area contributed by atoms with Gasteiger partial charge in [-0.15, -0.1) is 0 Å². The second-order valence-electron chi connectivity index (χ2n) is 8.27. The standard InChI is InChI=1S/C21H38N3OPS/c1-6-15(4)19(22)20-21(16(5)7-2)24(14-23-20)18-11-9-10-17(12-18)13-26(25,27)8-3/h14,16-18H,6-13,22H2,1-5H3,(H,25,27)/b19-15+/t16?,17?,18-,26?/m0/s1. The topological polar surface area (TPSA) is 64.1 Å². The molecule has 0 spiro atoms.